The number of amides is 1. The number of para-hydroxylation sites is 1. The molecule has 0 unspecified atom stereocenters. The van der Waals surface area contributed by atoms with Crippen molar-refractivity contribution in [2.24, 2.45) is 0 Å². The minimum atomic E-state index is -0.383. The lowest BCUT2D eigenvalue weighted by Crippen LogP contribution is -2.36. The summed E-state index contributed by atoms with van der Waals surface area (Å²) in [5, 5.41) is 0. The van der Waals surface area contributed by atoms with Gasteiger partial charge in [0.1, 0.15) is 5.82 Å². The SMILES string of the molecule is CCOc1cc(C(=O)N2CCCc3cccc(F)c32)cc(OCC)c1OCC. The summed E-state index contributed by atoms with van der Waals surface area (Å²) in [4.78, 5) is 14.8. The van der Waals surface area contributed by atoms with E-state index in [1.165, 1.54) is 11.0 Å². The zero-order valence-corrected chi connectivity index (χ0v) is 16.6. The summed E-state index contributed by atoms with van der Waals surface area (Å²) in [5.74, 6) is 0.712. The molecule has 0 saturated carbocycles. The van der Waals surface area contributed by atoms with E-state index in [1.807, 2.05) is 26.8 Å². The quantitative estimate of drug-likeness (QED) is 0.696. The Bertz CT molecular complexity index is 825. The van der Waals surface area contributed by atoms with Crippen molar-refractivity contribution in [1.29, 1.82) is 0 Å². The maximum atomic E-state index is 14.5. The Labute approximate surface area is 165 Å². The van der Waals surface area contributed by atoms with Gasteiger partial charge in [-0.25, -0.2) is 4.39 Å². The molecule has 0 atom stereocenters. The minimum Gasteiger partial charge on any atom is -0.490 e. The number of anilines is 1. The van der Waals surface area contributed by atoms with Crippen LogP contribution < -0.4 is 19.1 Å². The van der Waals surface area contributed by atoms with Crippen molar-refractivity contribution in [3.63, 3.8) is 0 Å². The highest BCUT2D eigenvalue weighted by atomic mass is 19.1. The molecule has 0 aliphatic carbocycles. The molecular formula is C22H26FNO4. The number of aryl methyl sites for hydroxylation is 1. The highest BCUT2D eigenvalue weighted by Crippen LogP contribution is 2.40. The molecule has 28 heavy (non-hydrogen) atoms. The first kappa shape index (κ1) is 20.0. The van der Waals surface area contributed by atoms with Gasteiger partial charge in [0.05, 0.1) is 25.5 Å². The molecule has 0 spiro atoms. The number of hydrogen-bond donors (Lipinski definition) is 0. The third-order valence-electron chi connectivity index (χ3n) is 4.57. The number of benzene rings is 2. The lowest BCUT2D eigenvalue weighted by atomic mass is 10.00. The summed E-state index contributed by atoms with van der Waals surface area (Å²) in [6, 6.07) is 8.23. The van der Waals surface area contributed by atoms with Crippen LogP contribution in [0.2, 0.25) is 0 Å². The first-order valence-electron chi connectivity index (χ1n) is 9.76. The Morgan fingerprint density at radius 1 is 1.04 bits per heavy atom. The number of ether oxygens (including phenoxy) is 3. The monoisotopic (exact) mass is 387 g/mol. The molecule has 3 rings (SSSR count). The van der Waals surface area contributed by atoms with E-state index in [1.54, 1.807) is 18.2 Å². The van der Waals surface area contributed by atoms with Crippen molar-refractivity contribution in [3.8, 4) is 17.2 Å². The molecule has 2 aromatic rings. The van der Waals surface area contributed by atoms with Gasteiger partial charge in [0.15, 0.2) is 11.5 Å². The van der Waals surface area contributed by atoms with E-state index < -0.39 is 0 Å². The Morgan fingerprint density at radius 3 is 2.29 bits per heavy atom. The summed E-state index contributed by atoms with van der Waals surface area (Å²) in [7, 11) is 0. The number of carbonyl (C=O) groups is 1. The third-order valence-corrected chi connectivity index (χ3v) is 4.57. The second-order valence-electron chi connectivity index (χ2n) is 6.41. The van der Waals surface area contributed by atoms with Gasteiger partial charge in [0, 0.05) is 12.1 Å². The molecular weight excluding hydrogens is 361 g/mol. The zero-order chi connectivity index (χ0) is 20.1. The first-order chi connectivity index (χ1) is 13.6. The second kappa shape index (κ2) is 8.95. The number of fused-ring (bicyclic) bond motifs is 1. The summed E-state index contributed by atoms with van der Waals surface area (Å²) < 4.78 is 31.6. The van der Waals surface area contributed by atoms with Crippen LogP contribution in [0.4, 0.5) is 10.1 Å². The van der Waals surface area contributed by atoms with Crippen LogP contribution in [0.5, 0.6) is 17.2 Å². The highest BCUT2D eigenvalue weighted by Gasteiger charge is 2.28. The lowest BCUT2D eigenvalue weighted by molar-refractivity contribution is 0.0983. The Balaban J connectivity index is 2.05. The van der Waals surface area contributed by atoms with Crippen molar-refractivity contribution in [2.45, 2.75) is 33.6 Å². The van der Waals surface area contributed by atoms with E-state index >= 15 is 0 Å². The molecule has 150 valence electrons. The number of carbonyl (C=O) groups excluding carboxylic acids is 1. The number of hydrogen-bond acceptors (Lipinski definition) is 4. The van der Waals surface area contributed by atoms with Crippen LogP contribution >= 0.6 is 0 Å². The van der Waals surface area contributed by atoms with Gasteiger partial charge in [-0.15, -0.1) is 0 Å². The van der Waals surface area contributed by atoms with Gasteiger partial charge in [0.25, 0.3) is 5.91 Å². The van der Waals surface area contributed by atoms with E-state index in [-0.39, 0.29) is 11.7 Å². The fourth-order valence-electron chi connectivity index (χ4n) is 3.47. The average molecular weight is 387 g/mol. The van der Waals surface area contributed by atoms with Crippen LogP contribution in [0.15, 0.2) is 30.3 Å². The van der Waals surface area contributed by atoms with Crippen LogP contribution in [-0.4, -0.2) is 32.3 Å². The molecule has 0 aromatic heterocycles. The van der Waals surface area contributed by atoms with Crippen molar-refractivity contribution in [2.75, 3.05) is 31.3 Å². The minimum absolute atomic E-state index is 0.281. The predicted octanol–water partition coefficient (Wildman–Crippen LogP) is 4.61. The molecule has 2 aromatic carbocycles. The van der Waals surface area contributed by atoms with E-state index in [9.17, 15) is 9.18 Å². The molecule has 1 heterocycles. The van der Waals surface area contributed by atoms with E-state index in [2.05, 4.69) is 0 Å². The number of halogens is 1. The van der Waals surface area contributed by atoms with Gasteiger partial charge in [-0.05, 0) is 57.4 Å². The Hall–Kier alpha value is -2.76. The predicted molar refractivity (Wildman–Crippen MR) is 106 cm³/mol. The van der Waals surface area contributed by atoms with Crippen LogP contribution in [0.1, 0.15) is 43.1 Å². The fraction of sp³-hybridized carbons (Fsp3) is 0.409. The summed E-state index contributed by atoms with van der Waals surface area (Å²) in [6.45, 7) is 7.35. The van der Waals surface area contributed by atoms with E-state index in [0.29, 0.717) is 54.9 Å². The van der Waals surface area contributed by atoms with Gasteiger partial charge in [0.2, 0.25) is 5.75 Å². The van der Waals surface area contributed by atoms with Crippen LogP contribution in [0.25, 0.3) is 0 Å². The highest BCUT2D eigenvalue weighted by molar-refractivity contribution is 6.07. The Kier molecular flexibility index (Phi) is 6.39. The maximum absolute atomic E-state index is 14.5. The first-order valence-corrected chi connectivity index (χ1v) is 9.76. The number of nitrogens with zero attached hydrogens (tertiary/aromatic N) is 1. The van der Waals surface area contributed by atoms with Crippen LogP contribution in [0.3, 0.4) is 0 Å². The van der Waals surface area contributed by atoms with Gasteiger partial charge in [-0.3, -0.25) is 4.79 Å². The van der Waals surface area contributed by atoms with Crippen LogP contribution in [0, 0.1) is 5.82 Å². The maximum Gasteiger partial charge on any atom is 0.258 e. The van der Waals surface area contributed by atoms with Gasteiger partial charge in [-0.2, -0.15) is 0 Å². The van der Waals surface area contributed by atoms with E-state index in [0.717, 1.165) is 18.4 Å². The normalized spacial score (nSPS) is 13.1. The van der Waals surface area contributed by atoms with Crippen molar-refractivity contribution in [3.05, 3.63) is 47.3 Å². The summed E-state index contributed by atoms with van der Waals surface area (Å²) in [6.07, 6.45) is 1.55. The average Bonchev–Trinajstić information content (AvgIpc) is 2.70. The Morgan fingerprint density at radius 2 is 1.68 bits per heavy atom. The summed E-state index contributed by atoms with van der Waals surface area (Å²) in [5.41, 5.74) is 1.59. The smallest absolute Gasteiger partial charge is 0.258 e. The third kappa shape index (κ3) is 3.91. The number of rotatable bonds is 7. The van der Waals surface area contributed by atoms with Crippen molar-refractivity contribution >= 4 is 11.6 Å². The molecule has 5 nitrogen and oxygen atoms in total. The van der Waals surface area contributed by atoms with Gasteiger partial charge in [-0.1, -0.05) is 12.1 Å². The topological polar surface area (TPSA) is 48.0 Å². The second-order valence-corrected chi connectivity index (χ2v) is 6.41. The molecule has 1 amide bonds. The molecule has 0 fully saturated rings. The van der Waals surface area contributed by atoms with Crippen molar-refractivity contribution in [1.82, 2.24) is 0 Å². The van der Waals surface area contributed by atoms with Crippen molar-refractivity contribution < 1.29 is 23.4 Å². The fourth-order valence-corrected chi connectivity index (χ4v) is 3.47. The molecule has 1 aliphatic rings. The summed E-state index contributed by atoms with van der Waals surface area (Å²) >= 11 is 0. The molecule has 0 radical (unpaired) electrons. The largest absolute Gasteiger partial charge is 0.490 e. The lowest BCUT2D eigenvalue weighted by Gasteiger charge is -2.30. The van der Waals surface area contributed by atoms with Gasteiger partial charge < -0.3 is 19.1 Å². The molecule has 0 saturated heterocycles. The zero-order valence-electron chi connectivity index (χ0n) is 16.6. The standard InChI is InChI=1S/C22H26FNO4/c1-4-26-18-13-16(14-19(27-5-2)21(18)28-6-3)22(25)24-12-8-10-15-9-7-11-17(23)20(15)24/h7,9,11,13-14H,4-6,8,10,12H2,1-3H3. The van der Waals surface area contributed by atoms with E-state index in [4.69, 9.17) is 14.2 Å². The molecule has 1 aliphatic heterocycles. The van der Waals surface area contributed by atoms with Crippen LogP contribution in [-0.2, 0) is 6.42 Å². The molecule has 6 heteroatoms. The molecule has 0 N–H and O–H groups in total. The van der Waals surface area contributed by atoms with Gasteiger partial charge >= 0.3 is 0 Å². The molecule has 0 bridgehead atoms.